The van der Waals surface area contributed by atoms with Crippen LogP contribution < -0.4 is 24.0 Å². The predicted molar refractivity (Wildman–Crippen MR) is 116 cm³/mol. The zero-order chi connectivity index (χ0) is 20.2. The van der Waals surface area contributed by atoms with Crippen LogP contribution in [-0.2, 0) is 4.79 Å². The third kappa shape index (κ3) is 19.3. The Kier molecular flexibility index (Phi) is 25.2. The first-order chi connectivity index (χ1) is 13.2. The summed E-state index contributed by atoms with van der Waals surface area (Å²) in [6.45, 7) is 8.99. The van der Waals surface area contributed by atoms with E-state index in [9.17, 15) is 9.90 Å². The summed E-state index contributed by atoms with van der Waals surface area (Å²) in [7, 11) is 0. The molecule has 28 heavy (non-hydrogen) atoms. The van der Waals surface area contributed by atoms with Crippen LogP contribution in [-0.4, -0.2) is 30.0 Å². The molecule has 0 spiro atoms. The van der Waals surface area contributed by atoms with Gasteiger partial charge in [0.15, 0.2) is 0 Å². The average Bonchev–Trinajstić information content (AvgIpc) is 2.66. The first-order valence-corrected chi connectivity index (χ1v) is 12.1. The number of unbranched alkanes of at least 4 members (excludes halogenated alkanes) is 12. The van der Waals surface area contributed by atoms with E-state index in [2.05, 4.69) is 25.7 Å². The van der Waals surface area contributed by atoms with Crippen molar-refractivity contribution in [1.29, 1.82) is 0 Å². The van der Waals surface area contributed by atoms with Crippen molar-refractivity contribution in [3.05, 3.63) is 0 Å². The van der Waals surface area contributed by atoms with Gasteiger partial charge in [-0.05, 0) is 45.2 Å². The van der Waals surface area contributed by atoms with E-state index in [1.165, 1.54) is 89.9 Å². The van der Waals surface area contributed by atoms with Gasteiger partial charge in [-0.2, -0.15) is 0 Å². The van der Waals surface area contributed by atoms with E-state index >= 15 is 0 Å². The molecule has 0 aromatic carbocycles. The number of carboxylic acid groups (broad SMARTS) is 1. The van der Waals surface area contributed by atoms with Gasteiger partial charge in [-0.3, -0.25) is 0 Å². The summed E-state index contributed by atoms with van der Waals surface area (Å²) in [6.07, 6.45) is 20.7. The third-order valence-electron chi connectivity index (χ3n) is 5.77. The van der Waals surface area contributed by atoms with Gasteiger partial charge in [0.1, 0.15) is 0 Å². The average molecular weight is 390 g/mol. The molecule has 1 atom stereocenters. The third-order valence-corrected chi connectivity index (χ3v) is 5.77. The molecule has 0 heterocycles. The molecule has 0 radical (unpaired) electrons. The van der Waals surface area contributed by atoms with Crippen molar-refractivity contribution >= 4 is 5.97 Å². The quantitative estimate of drug-likeness (QED) is 0.224. The molecule has 0 aromatic rings. The summed E-state index contributed by atoms with van der Waals surface area (Å²) in [5, 5.41) is 10.9. The minimum atomic E-state index is -0.903. The fourth-order valence-corrected chi connectivity index (χ4v) is 3.95. The van der Waals surface area contributed by atoms with Crippen LogP contribution in [0.3, 0.4) is 0 Å². The largest absolute Gasteiger partial charge is 1.00 e. The zero-order valence-corrected chi connectivity index (χ0v) is 19.8. The number of carbonyl (C=O) groups is 1. The Morgan fingerprint density at radius 1 is 0.714 bits per heavy atom. The molecular weight excluding hydrogens is 341 g/mol. The minimum Gasteiger partial charge on any atom is -0.550 e. The van der Waals surface area contributed by atoms with Crippen LogP contribution in [0.2, 0.25) is 0 Å². The molecular formula is C24H48LiNO2. The van der Waals surface area contributed by atoms with E-state index in [0.29, 0.717) is 6.04 Å². The molecule has 0 N–H and O–H groups in total. The zero-order valence-electron chi connectivity index (χ0n) is 19.8. The van der Waals surface area contributed by atoms with Crippen LogP contribution in [0, 0.1) is 0 Å². The number of nitrogens with zero attached hydrogens (tertiary/aromatic N) is 1. The van der Waals surface area contributed by atoms with E-state index < -0.39 is 5.97 Å². The predicted octanol–water partition coefficient (Wildman–Crippen LogP) is 3.10. The van der Waals surface area contributed by atoms with Crippen molar-refractivity contribution in [3.63, 3.8) is 0 Å². The van der Waals surface area contributed by atoms with E-state index in [-0.39, 0.29) is 25.3 Å². The topological polar surface area (TPSA) is 43.4 Å². The Hall–Kier alpha value is 0.0274. The SMILES string of the molecule is CCCCCCCCCN(CCCCCCCCC)C(CC)CCC(=O)[O-].[Li+]. The van der Waals surface area contributed by atoms with Crippen LogP contribution in [0.5, 0.6) is 0 Å². The van der Waals surface area contributed by atoms with Gasteiger partial charge >= 0.3 is 18.9 Å². The summed E-state index contributed by atoms with van der Waals surface area (Å²) < 4.78 is 0. The van der Waals surface area contributed by atoms with Crippen LogP contribution >= 0.6 is 0 Å². The van der Waals surface area contributed by atoms with E-state index in [1.807, 2.05) is 0 Å². The van der Waals surface area contributed by atoms with Crippen molar-refractivity contribution < 1.29 is 28.8 Å². The van der Waals surface area contributed by atoms with Gasteiger partial charge in [0.05, 0.1) is 0 Å². The van der Waals surface area contributed by atoms with Crippen molar-refractivity contribution in [2.45, 2.75) is 136 Å². The Morgan fingerprint density at radius 2 is 1.11 bits per heavy atom. The Morgan fingerprint density at radius 3 is 1.46 bits per heavy atom. The fraction of sp³-hybridized carbons (Fsp3) is 0.958. The number of aliphatic carboxylic acids is 1. The maximum Gasteiger partial charge on any atom is 1.00 e. The van der Waals surface area contributed by atoms with E-state index in [4.69, 9.17) is 0 Å². The van der Waals surface area contributed by atoms with E-state index in [0.717, 1.165) is 25.9 Å². The molecule has 3 nitrogen and oxygen atoms in total. The number of carboxylic acids is 1. The van der Waals surface area contributed by atoms with Gasteiger partial charge in [0, 0.05) is 12.0 Å². The van der Waals surface area contributed by atoms with Crippen molar-refractivity contribution in [2.75, 3.05) is 13.1 Å². The van der Waals surface area contributed by atoms with Gasteiger partial charge in [-0.1, -0.05) is 97.8 Å². The first-order valence-electron chi connectivity index (χ1n) is 12.1. The Bertz CT molecular complexity index is 308. The Balaban J connectivity index is 0. The summed E-state index contributed by atoms with van der Waals surface area (Å²) in [4.78, 5) is 13.5. The summed E-state index contributed by atoms with van der Waals surface area (Å²) in [5.74, 6) is -0.903. The van der Waals surface area contributed by atoms with Gasteiger partial charge < -0.3 is 14.8 Å². The normalized spacial score (nSPS) is 12.1. The minimum absolute atomic E-state index is 0. The molecule has 0 saturated carbocycles. The molecule has 0 fully saturated rings. The van der Waals surface area contributed by atoms with Crippen molar-refractivity contribution in [2.24, 2.45) is 0 Å². The molecule has 0 rings (SSSR count). The molecule has 0 aliphatic heterocycles. The molecule has 162 valence electrons. The molecule has 0 aliphatic carbocycles. The van der Waals surface area contributed by atoms with Gasteiger partial charge in [-0.15, -0.1) is 0 Å². The van der Waals surface area contributed by atoms with Gasteiger partial charge in [-0.25, -0.2) is 0 Å². The van der Waals surface area contributed by atoms with Crippen molar-refractivity contribution in [1.82, 2.24) is 4.90 Å². The summed E-state index contributed by atoms with van der Waals surface area (Å²) in [6, 6.07) is 0.406. The number of hydrogen-bond acceptors (Lipinski definition) is 3. The molecule has 0 amide bonds. The second-order valence-corrected chi connectivity index (χ2v) is 8.25. The standard InChI is InChI=1S/C24H49NO2.Li/c1-4-7-9-11-13-15-17-21-25(23(6-3)19-20-24(26)27)22-18-16-14-12-10-8-5-2;/h23H,4-22H2,1-3H3,(H,26,27);/q;+1/p-1. The summed E-state index contributed by atoms with van der Waals surface area (Å²) >= 11 is 0. The second kappa shape index (κ2) is 23.3. The second-order valence-electron chi connectivity index (χ2n) is 8.25. The first kappa shape index (κ1) is 30.2. The monoisotopic (exact) mass is 389 g/mol. The van der Waals surface area contributed by atoms with Crippen molar-refractivity contribution in [3.8, 4) is 0 Å². The van der Waals surface area contributed by atoms with Crippen LogP contribution in [0.4, 0.5) is 0 Å². The van der Waals surface area contributed by atoms with Gasteiger partial charge in [0.25, 0.3) is 0 Å². The number of rotatable bonds is 21. The molecule has 0 aromatic heterocycles. The maximum absolute atomic E-state index is 10.9. The number of hydrogen-bond donors (Lipinski definition) is 0. The van der Waals surface area contributed by atoms with E-state index in [1.54, 1.807) is 0 Å². The molecule has 4 heteroatoms. The summed E-state index contributed by atoms with van der Waals surface area (Å²) in [5.41, 5.74) is 0. The van der Waals surface area contributed by atoms with Crippen LogP contribution in [0.1, 0.15) is 130 Å². The molecule has 0 bridgehead atoms. The smallest absolute Gasteiger partial charge is 0.550 e. The van der Waals surface area contributed by atoms with Gasteiger partial charge in [0.2, 0.25) is 0 Å². The van der Waals surface area contributed by atoms with Crippen LogP contribution in [0.15, 0.2) is 0 Å². The van der Waals surface area contributed by atoms with Crippen LogP contribution in [0.25, 0.3) is 0 Å². The maximum atomic E-state index is 10.9. The molecule has 1 unspecified atom stereocenters. The Labute approximate surface area is 188 Å². The fourth-order valence-electron chi connectivity index (χ4n) is 3.95. The molecule has 0 saturated heterocycles. The molecule has 0 aliphatic rings. The number of carbonyl (C=O) groups excluding carboxylic acids is 1.